The van der Waals surface area contributed by atoms with E-state index in [4.69, 9.17) is 11.6 Å². The monoisotopic (exact) mass is 210 g/mol. The molecular formula is C12H15ClO. The van der Waals surface area contributed by atoms with Crippen molar-refractivity contribution >= 4 is 11.6 Å². The highest BCUT2D eigenvalue weighted by atomic mass is 35.5. The first kappa shape index (κ1) is 11.3. The molecule has 0 aliphatic heterocycles. The van der Waals surface area contributed by atoms with Crippen LogP contribution in [0.2, 0.25) is 5.02 Å². The first-order chi connectivity index (χ1) is 6.72. The molecule has 0 aliphatic carbocycles. The normalized spacial score (nSPS) is 12.4. The number of aliphatic hydroxyl groups is 1. The van der Waals surface area contributed by atoms with Gasteiger partial charge in [0.1, 0.15) is 0 Å². The average molecular weight is 211 g/mol. The van der Waals surface area contributed by atoms with Gasteiger partial charge in [0.25, 0.3) is 0 Å². The first-order valence-electron chi connectivity index (χ1n) is 4.76. The van der Waals surface area contributed by atoms with E-state index in [2.05, 4.69) is 6.58 Å². The van der Waals surface area contributed by atoms with E-state index in [1.165, 1.54) is 0 Å². The number of aliphatic hydroxyl groups excluding tert-OH is 1. The molecule has 0 aliphatic rings. The minimum absolute atomic E-state index is 0.283. The van der Waals surface area contributed by atoms with E-state index in [1.807, 2.05) is 30.3 Å². The van der Waals surface area contributed by atoms with Gasteiger partial charge in [-0.05, 0) is 37.0 Å². The third-order valence-electron chi connectivity index (χ3n) is 2.09. The topological polar surface area (TPSA) is 20.2 Å². The maximum atomic E-state index is 9.62. The molecule has 14 heavy (non-hydrogen) atoms. The lowest BCUT2D eigenvalue weighted by Crippen LogP contribution is -2.09. The molecular weight excluding hydrogens is 196 g/mol. The molecule has 0 saturated carbocycles. The molecule has 1 atom stereocenters. The highest BCUT2D eigenvalue weighted by molar-refractivity contribution is 6.30. The number of allylic oxidation sites excluding steroid dienone is 1. The van der Waals surface area contributed by atoms with Crippen LogP contribution >= 0.6 is 11.6 Å². The summed E-state index contributed by atoms with van der Waals surface area (Å²) in [5.74, 6) is 0. The largest absolute Gasteiger partial charge is 0.393 e. The van der Waals surface area contributed by atoms with Crippen molar-refractivity contribution in [2.45, 2.75) is 25.4 Å². The number of halogens is 1. The predicted octanol–water partition coefficient (Wildman–Crippen LogP) is 3.21. The fraction of sp³-hybridized carbons (Fsp3) is 0.333. The predicted molar refractivity (Wildman–Crippen MR) is 60.6 cm³/mol. The summed E-state index contributed by atoms with van der Waals surface area (Å²) in [4.78, 5) is 0. The van der Waals surface area contributed by atoms with Gasteiger partial charge < -0.3 is 5.11 Å². The Morgan fingerprint density at radius 3 is 2.57 bits per heavy atom. The summed E-state index contributed by atoms with van der Waals surface area (Å²) in [7, 11) is 0. The molecule has 76 valence electrons. The molecule has 1 nitrogen and oxygen atoms in total. The van der Waals surface area contributed by atoms with Gasteiger partial charge in [0.15, 0.2) is 0 Å². The summed E-state index contributed by atoms with van der Waals surface area (Å²) in [6.07, 6.45) is 3.85. The van der Waals surface area contributed by atoms with Crippen molar-refractivity contribution in [1.29, 1.82) is 0 Å². The minimum atomic E-state index is -0.283. The smallest absolute Gasteiger partial charge is 0.0583 e. The van der Waals surface area contributed by atoms with E-state index >= 15 is 0 Å². The Morgan fingerprint density at radius 1 is 1.36 bits per heavy atom. The van der Waals surface area contributed by atoms with E-state index < -0.39 is 0 Å². The van der Waals surface area contributed by atoms with Crippen LogP contribution in [0.4, 0.5) is 0 Å². The summed E-state index contributed by atoms with van der Waals surface area (Å²) in [5, 5.41) is 10.4. The summed E-state index contributed by atoms with van der Waals surface area (Å²) < 4.78 is 0. The van der Waals surface area contributed by atoms with Gasteiger partial charge in [-0.1, -0.05) is 29.8 Å². The van der Waals surface area contributed by atoms with Crippen LogP contribution in [-0.4, -0.2) is 11.2 Å². The summed E-state index contributed by atoms with van der Waals surface area (Å²) in [6.45, 7) is 3.62. The molecule has 0 aromatic heterocycles. The van der Waals surface area contributed by atoms with Crippen molar-refractivity contribution in [2.24, 2.45) is 0 Å². The van der Waals surface area contributed by atoms with Gasteiger partial charge in [0.05, 0.1) is 6.10 Å². The molecule has 1 aromatic rings. The number of benzene rings is 1. The van der Waals surface area contributed by atoms with Gasteiger partial charge >= 0.3 is 0 Å². The molecule has 1 aromatic carbocycles. The van der Waals surface area contributed by atoms with E-state index in [0.717, 1.165) is 23.4 Å². The van der Waals surface area contributed by atoms with Crippen molar-refractivity contribution in [2.75, 3.05) is 0 Å². The molecule has 1 N–H and O–H groups in total. The van der Waals surface area contributed by atoms with Gasteiger partial charge in [-0.25, -0.2) is 0 Å². The molecule has 0 fully saturated rings. The zero-order valence-corrected chi connectivity index (χ0v) is 8.87. The van der Waals surface area contributed by atoms with Gasteiger partial charge in [-0.15, -0.1) is 6.58 Å². The highest BCUT2D eigenvalue weighted by Gasteiger charge is 2.03. The number of rotatable bonds is 5. The van der Waals surface area contributed by atoms with Crippen LogP contribution in [0.5, 0.6) is 0 Å². The van der Waals surface area contributed by atoms with E-state index in [9.17, 15) is 5.11 Å². The van der Waals surface area contributed by atoms with Crippen LogP contribution in [0.25, 0.3) is 0 Å². The fourth-order valence-corrected chi connectivity index (χ4v) is 1.43. The van der Waals surface area contributed by atoms with Crippen LogP contribution in [0.1, 0.15) is 18.4 Å². The van der Waals surface area contributed by atoms with Crippen LogP contribution in [0, 0.1) is 0 Å². The molecule has 1 rings (SSSR count). The third-order valence-corrected chi connectivity index (χ3v) is 2.34. The van der Waals surface area contributed by atoms with Crippen LogP contribution in [-0.2, 0) is 6.42 Å². The van der Waals surface area contributed by atoms with Crippen molar-refractivity contribution < 1.29 is 5.11 Å². The molecule has 0 spiro atoms. The number of hydrogen-bond acceptors (Lipinski definition) is 1. The lowest BCUT2D eigenvalue weighted by molar-refractivity contribution is 0.166. The minimum Gasteiger partial charge on any atom is -0.393 e. The van der Waals surface area contributed by atoms with E-state index in [1.54, 1.807) is 0 Å². The van der Waals surface area contributed by atoms with E-state index in [-0.39, 0.29) is 6.10 Å². The second kappa shape index (κ2) is 5.84. The SMILES string of the molecule is C=CCCC(O)Cc1ccc(Cl)cc1. The molecule has 0 radical (unpaired) electrons. The molecule has 0 amide bonds. The molecule has 0 heterocycles. The van der Waals surface area contributed by atoms with Crippen molar-refractivity contribution in [3.05, 3.63) is 47.5 Å². The molecule has 0 bridgehead atoms. The third kappa shape index (κ3) is 3.95. The molecule has 1 unspecified atom stereocenters. The van der Waals surface area contributed by atoms with Gasteiger partial charge in [-0.3, -0.25) is 0 Å². The summed E-state index contributed by atoms with van der Waals surface area (Å²) in [6, 6.07) is 7.58. The Labute approximate surface area is 90.0 Å². The molecule has 2 heteroatoms. The molecule has 0 saturated heterocycles. The Balaban J connectivity index is 2.43. The fourth-order valence-electron chi connectivity index (χ4n) is 1.30. The van der Waals surface area contributed by atoms with Gasteiger partial charge in [0.2, 0.25) is 0 Å². The zero-order chi connectivity index (χ0) is 10.4. The van der Waals surface area contributed by atoms with Crippen LogP contribution in [0.15, 0.2) is 36.9 Å². The van der Waals surface area contributed by atoms with Crippen molar-refractivity contribution in [3.63, 3.8) is 0 Å². The van der Waals surface area contributed by atoms with E-state index in [0.29, 0.717) is 6.42 Å². The first-order valence-corrected chi connectivity index (χ1v) is 5.13. The summed E-state index contributed by atoms with van der Waals surface area (Å²) >= 11 is 5.76. The Hall–Kier alpha value is -0.790. The van der Waals surface area contributed by atoms with Crippen molar-refractivity contribution in [1.82, 2.24) is 0 Å². The Morgan fingerprint density at radius 2 is 2.00 bits per heavy atom. The van der Waals surface area contributed by atoms with Crippen molar-refractivity contribution in [3.8, 4) is 0 Å². The standard InChI is InChI=1S/C12H15ClO/c1-2-3-4-12(14)9-10-5-7-11(13)8-6-10/h2,5-8,12,14H,1,3-4,9H2. The maximum absolute atomic E-state index is 9.62. The second-order valence-electron chi connectivity index (χ2n) is 3.35. The quantitative estimate of drug-likeness (QED) is 0.740. The van der Waals surface area contributed by atoms with Gasteiger partial charge in [-0.2, -0.15) is 0 Å². The zero-order valence-electron chi connectivity index (χ0n) is 8.12. The Bertz CT molecular complexity index is 279. The highest BCUT2D eigenvalue weighted by Crippen LogP contribution is 2.12. The second-order valence-corrected chi connectivity index (χ2v) is 3.79. The van der Waals surface area contributed by atoms with Crippen LogP contribution < -0.4 is 0 Å². The van der Waals surface area contributed by atoms with Crippen LogP contribution in [0.3, 0.4) is 0 Å². The summed E-state index contributed by atoms with van der Waals surface area (Å²) in [5.41, 5.74) is 1.12. The lowest BCUT2D eigenvalue weighted by Gasteiger charge is -2.08. The average Bonchev–Trinajstić information content (AvgIpc) is 2.18. The number of hydrogen-bond donors (Lipinski definition) is 1. The maximum Gasteiger partial charge on any atom is 0.0583 e. The Kier molecular flexibility index (Phi) is 4.71. The lowest BCUT2D eigenvalue weighted by atomic mass is 10.0. The van der Waals surface area contributed by atoms with Gasteiger partial charge in [0, 0.05) is 5.02 Å².